The number of carbonyl (C=O) groups is 1. The van der Waals surface area contributed by atoms with Gasteiger partial charge in [-0.15, -0.1) is 0 Å². The average molecular weight is 503 g/mol. The lowest BCUT2D eigenvalue weighted by Crippen LogP contribution is -2.47. The molecule has 9 nitrogen and oxygen atoms in total. The Morgan fingerprint density at radius 1 is 1.00 bits per heavy atom. The summed E-state index contributed by atoms with van der Waals surface area (Å²) in [6.45, 7) is 3.59. The zero-order chi connectivity index (χ0) is 26.4. The fourth-order valence-corrected chi connectivity index (χ4v) is 3.97. The van der Waals surface area contributed by atoms with Gasteiger partial charge in [0.05, 0.1) is 38.2 Å². The molecule has 1 atom stereocenters. The number of hydrogen-bond donors (Lipinski definition) is 2. The number of amides is 1. The Morgan fingerprint density at radius 3 is 2.38 bits per heavy atom. The summed E-state index contributed by atoms with van der Waals surface area (Å²) in [7, 11) is 3.14. The van der Waals surface area contributed by atoms with E-state index in [2.05, 4.69) is 15.3 Å². The number of benzene rings is 2. The van der Waals surface area contributed by atoms with Gasteiger partial charge in [0, 0.05) is 37.2 Å². The standard InChI is InChI=1S/C28H30N4O5/c1-19(33)32(17-20-8-6-5-7-9-20)18-28(2,34)31-21-10-11-27(30-16-21)37-24-12-13-29-23-15-26(36-4)25(35-3)14-22(23)24/h5-16,31,34H,17-18H2,1-4H3. The minimum Gasteiger partial charge on any atom is -0.493 e. The highest BCUT2D eigenvalue weighted by atomic mass is 16.5. The Labute approximate surface area is 215 Å². The number of aromatic nitrogens is 2. The molecule has 192 valence electrons. The van der Waals surface area contributed by atoms with E-state index in [1.165, 1.54) is 6.92 Å². The van der Waals surface area contributed by atoms with Crippen molar-refractivity contribution in [1.82, 2.24) is 14.9 Å². The van der Waals surface area contributed by atoms with Crippen molar-refractivity contribution in [2.24, 2.45) is 0 Å². The molecule has 2 aromatic heterocycles. The van der Waals surface area contributed by atoms with Crippen LogP contribution in [0.2, 0.25) is 0 Å². The van der Waals surface area contributed by atoms with E-state index in [1.807, 2.05) is 30.3 Å². The van der Waals surface area contributed by atoms with Gasteiger partial charge in [-0.3, -0.25) is 9.78 Å². The van der Waals surface area contributed by atoms with Gasteiger partial charge in [0.1, 0.15) is 11.5 Å². The van der Waals surface area contributed by atoms with Crippen LogP contribution in [0.1, 0.15) is 19.4 Å². The Bertz CT molecular complexity index is 1360. The van der Waals surface area contributed by atoms with Crippen LogP contribution in [-0.2, 0) is 11.3 Å². The number of nitrogens with one attached hydrogen (secondary N) is 1. The molecule has 37 heavy (non-hydrogen) atoms. The molecule has 4 rings (SSSR count). The summed E-state index contributed by atoms with van der Waals surface area (Å²) in [6, 6.07) is 18.4. The number of methoxy groups -OCH3 is 2. The monoisotopic (exact) mass is 502 g/mol. The van der Waals surface area contributed by atoms with E-state index < -0.39 is 5.72 Å². The molecule has 0 saturated carbocycles. The van der Waals surface area contributed by atoms with Crippen LogP contribution in [0.3, 0.4) is 0 Å². The van der Waals surface area contributed by atoms with Crippen molar-refractivity contribution in [2.75, 3.05) is 26.1 Å². The molecule has 2 heterocycles. The Hall–Kier alpha value is -4.37. The van der Waals surface area contributed by atoms with Crippen molar-refractivity contribution in [3.63, 3.8) is 0 Å². The summed E-state index contributed by atoms with van der Waals surface area (Å²) < 4.78 is 16.8. The van der Waals surface area contributed by atoms with Gasteiger partial charge in [-0.05, 0) is 30.7 Å². The van der Waals surface area contributed by atoms with Crippen LogP contribution in [-0.4, -0.2) is 52.4 Å². The normalized spacial score (nSPS) is 12.5. The second kappa shape index (κ2) is 11.1. The first kappa shape index (κ1) is 25.7. The fraction of sp³-hybridized carbons (Fsp3) is 0.250. The molecule has 0 bridgehead atoms. The largest absolute Gasteiger partial charge is 0.493 e. The first-order valence-corrected chi connectivity index (χ1v) is 11.7. The second-order valence-corrected chi connectivity index (χ2v) is 8.78. The second-order valence-electron chi connectivity index (χ2n) is 8.78. The molecule has 9 heteroatoms. The lowest BCUT2D eigenvalue weighted by Gasteiger charge is -2.32. The first-order chi connectivity index (χ1) is 17.8. The van der Waals surface area contributed by atoms with Gasteiger partial charge in [0.25, 0.3) is 0 Å². The van der Waals surface area contributed by atoms with Crippen LogP contribution in [0.15, 0.2) is 73.1 Å². The predicted molar refractivity (Wildman–Crippen MR) is 141 cm³/mol. The van der Waals surface area contributed by atoms with Crippen LogP contribution in [0.5, 0.6) is 23.1 Å². The van der Waals surface area contributed by atoms with Crippen molar-refractivity contribution in [3.8, 4) is 23.1 Å². The number of aliphatic hydroxyl groups is 1. The molecule has 0 aliphatic rings. The molecule has 0 fully saturated rings. The number of rotatable bonds is 10. The maximum Gasteiger partial charge on any atom is 0.219 e. The highest BCUT2D eigenvalue weighted by Gasteiger charge is 2.26. The number of carbonyl (C=O) groups excluding carboxylic acids is 1. The first-order valence-electron chi connectivity index (χ1n) is 11.7. The summed E-state index contributed by atoms with van der Waals surface area (Å²) >= 11 is 0. The van der Waals surface area contributed by atoms with Crippen molar-refractivity contribution in [3.05, 3.63) is 78.6 Å². The van der Waals surface area contributed by atoms with E-state index in [4.69, 9.17) is 14.2 Å². The molecule has 0 aliphatic carbocycles. The van der Waals surface area contributed by atoms with Crippen LogP contribution in [0, 0.1) is 0 Å². The molecule has 4 aromatic rings. The molecular formula is C28H30N4O5. The predicted octanol–water partition coefficient (Wildman–Crippen LogP) is 4.61. The maximum atomic E-state index is 12.2. The number of hydrogen-bond acceptors (Lipinski definition) is 8. The van der Waals surface area contributed by atoms with Crippen molar-refractivity contribution in [2.45, 2.75) is 26.1 Å². The van der Waals surface area contributed by atoms with Crippen LogP contribution in [0.4, 0.5) is 5.69 Å². The number of anilines is 1. The van der Waals surface area contributed by atoms with Gasteiger partial charge in [-0.1, -0.05) is 30.3 Å². The molecule has 1 amide bonds. The number of pyridine rings is 2. The zero-order valence-electron chi connectivity index (χ0n) is 21.3. The highest BCUT2D eigenvalue weighted by molar-refractivity contribution is 5.88. The van der Waals surface area contributed by atoms with Gasteiger partial charge < -0.3 is 29.5 Å². The van der Waals surface area contributed by atoms with Gasteiger partial charge in [-0.25, -0.2) is 4.98 Å². The Balaban J connectivity index is 1.46. The maximum absolute atomic E-state index is 12.2. The summed E-state index contributed by atoms with van der Waals surface area (Å²) in [6.07, 6.45) is 3.21. The molecule has 2 N–H and O–H groups in total. The lowest BCUT2D eigenvalue weighted by atomic mass is 10.1. The number of fused-ring (bicyclic) bond motifs is 1. The lowest BCUT2D eigenvalue weighted by molar-refractivity contribution is -0.132. The third kappa shape index (κ3) is 6.45. The molecule has 1 unspecified atom stereocenters. The third-order valence-corrected chi connectivity index (χ3v) is 5.73. The smallest absolute Gasteiger partial charge is 0.219 e. The summed E-state index contributed by atoms with van der Waals surface area (Å²) in [5.41, 5.74) is 0.861. The van der Waals surface area contributed by atoms with Crippen LogP contribution < -0.4 is 19.5 Å². The van der Waals surface area contributed by atoms with Crippen LogP contribution in [0.25, 0.3) is 10.9 Å². The van der Waals surface area contributed by atoms with E-state index in [-0.39, 0.29) is 12.5 Å². The molecular weight excluding hydrogens is 472 g/mol. The molecule has 0 saturated heterocycles. The van der Waals surface area contributed by atoms with E-state index in [0.717, 1.165) is 10.9 Å². The van der Waals surface area contributed by atoms with Gasteiger partial charge in [-0.2, -0.15) is 0 Å². The van der Waals surface area contributed by atoms with E-state index in [9.17, 15) is 9.90 Å². The van der Waals surface area contributed by atoms with Gasteiger partial charge >= 0.3 is 0 Å². The van der Waals surface area contributed by atoms with E-state index in [1.54, 1.807) is 68.8 Å². The average Bonchev–Trinajstić information content (AvgIpc) is 2.89. The SMILES string of the molecule is COc1cc2nccc(Oc3ccc(NC(C)(O)CN(Cc4ccccc4)C(C)=O)cn3)c2cc1OC. The topological polar surface area (TPSA) is 106 Å². The third-order valence-electron chi connectivity index (χ3n) is 5.73. The minimum atomic E-state index is -1.39. The minimum absolute atomic E-state index is 0.0871. The van der Waals surface area contributed by atoms with Crippen molar-refractivity contribution < 1.29 is 24.1 Å². The Morgan fingerprint density at radius 2 is 1.73 bits per heavy atom. The van der Waals surface area contributed by atoms with E-state index >= 15 is 0 Å². The number of nitrogens with zero attached hydrogens (tertiary/aromatic N) is 3. The molecule has 0 aliphatic heterocycles. The molecule has 0 radical (unpaired) electrons. The Kier molecular flexibility index (Phi) is 7.74. The summed E-state index contributed by atoms with van der Waals surface area (Å²) in [5, 5.41) is 14.8. The molecule has 2 aromatic carbocycles. The zero-order valence-corrected chi connectivity index (χ0v) is 21.3. The van der Waals surface area contributed by atoms with Crippen LogP contribution >= 0.6 is 0 Å². The fourth-order valence-electron chi connectivity index (χ4n) is 3.97. The summed E-state index contributed by atoms with van der Waals surface area (Å²) in [5.74, 6) is 1.93. The highest BCUT2D eigenvalue weighted by Crippen LogP contribution is 2.36. The number of ether oxygens (including phenoxy) is 3. The van der Waals surface area contributed by atoms with Crippen molar-refractivity contribution >= 4 is 22.5 Å². The van der Waals surface area contributed by atoms with Gasteiger partial charge in [0.15, 0.2) is 11.5 Å². The van der Waals surface area contributed by atoms with Crippen molar-refractivity contribution in [1.29, 1.82) is 0 Å². The quantitative estimate of drug-likeness (QED) is 0.303. The molecule has 0 spiro atoms. The summed E-state index contributed by atoms with van der Waals surface area (Å²) in [4.78, 5) is 22.5. The van der Waals surface area contributed by atoms with E-state index in [0.29, 0.717) is 40.9 Å². The van der Waals surface area contributed by atoms with Gasteiger partial charge in [0.2, 0.25) is 11.8 Å².